The van der Waals surface area contributed by atoms with E-state index in [1.165, 1.54) is 0 Å². The molecule has 41 heavy (non-hydrogen) atoms. The Bertz CT molecular complexity index is 1500. The minimum atomic E-state index is -1.00. The zero-order valence-corrected chi connectivity index (χ0v) is 23.3. The van der Waals surface area contributed by atoms with Crippen LogP contribution in [0.5, 0.6) is 0 Å². The third-order valence-corrected chi connectivity index (χ3v) is 9.35. The number of aliphatic hydroxyl groups is 1. The molecule has 2 aliphatic heterocycles. The maximum atomic E-state index is 14.0. The van der Waals surface area contributed by atoms with E-state index in [9.17, 15) is 24.3 Å². The first-order valence-electron chi connectivity index (χ1n) is 14.2. The van der Waals surface area contributed by atoms with Gasteiger partial charge in [0.2, 0.25) is 11.8 Å². The van der Waals surface area contributed by atoms with Crippen molar-refractivity contribution in [3.05, 3.63) is 59.2 Å². The second-order valence-electron chi connectivity index (χ2n) is 11.4. The summed E-state index contributed by atoms with van der Waals surface area (Å²) >= 11 is 6.54. The summed E-state index contributed by atoms with van der Waals surface area (Å²) in [5.41, 5.74) is 2.99. The summed E-state index contributed by atoms with van der Waals surface area (Å²) in [6, 6.07) is 13.5. The second-order valence-corrected chi connectivity index (χ2v) is 11.8. The number of nitrogens with zero attached hydrogens (tertiary/aromatic N) is 1. The number of carbonyl (C=O) groups excluding carboxylic acids is 4. The highest BCUT2D eigenvalue weighted by atomic mass is 35.5. The summed E-state index contributed by atoms with van der Waals surface area (Å²) in [6.07, 6.45) is 3.40. The lowest BCUT2D eigenvalue weighted by atomic mass is 9.92. The number of fused-ring (bicyclic) bond motifs is 2. The van der Waals surface area contributed by atoms with Gasteiger partial charge >= 0.3 is 0 Å². The quantitative estimate of drug-likeness (QED) is 0.327. The SMILES string of the molecule is O=C(CO)C(C[C@@H]1CCNC1=O)NC(=O)[C@@H]1[C@H]2CCC[C@H]2CN1C(=O)c1cc2c(Cl)ccc(-c3ccccc3)c2[nH]1. The molecule has 5 atom stereocenters. The minimum absolute atomic E-state index is 0.0218. The molecule has 0 radical (unpaired) electrons. The van der Waals surface area contributed by atoms with Gasteiger partial charge in [-0.25, -0.2) is 0 Å². The van der Waals surface area contributed by atoms with Gasteiger partial charge in [-0.2, -0.15) is 0 Å². The van der Waals surface area contributed by atoms with E-state index >= 15 is 0 Å². The predicted molar refractivity (Wildman–Crippen MR) is 154 cm³/mol. The molecule has 2 saturated heterocycles. The van der Waals surface area contributed by atoms with Crippen molar-refractivity contribution in [1.29, 1.82) is 0 Å². The highest BCUT2D eigenvalue weighted by Gasteiger charge is 2.50. The van der Waals surface area contributed by atoms with E-state index in [1.807, 2.05) is 42.5 Å². The lowest BCUT2D eigenvalue weighted by Gasteiger charge is -2.29. The number of Topliss-reactive ketones (excluding diaryl/α,β-unsaturated/α-hetero) is 1. The number of carbonyl (C=O) groups is 4. The molecule has 3 amide bonds. The Morgan fingerprint density at radius 2 is 1.90 bits per heavy atom. The third kappa shape index (κ3) is 5.13. The fourth-order valence-electron chi connectivity index (χ4n) is 6.96. The zero-order valence-electron chi connectivity index (χ0n) is 22.6. The van der Waals surface area contributed by atoms with Gasteiger partial charge in [0.05, 0.1) is 16.6 Å². The number of amides is 3. The fourth-order valence-corrected chi connectivity index (χ4v) is 7.17. The Kier molecular flexibility index (Phi) is 7.57. The molecule has 1 unspecified atom stereocenters. The molecule has 6 rings (SSSR count). The predicted octanol–water partition coefficient (Wildman–Crippen LogP) is 3.30. The molecule has 1 saturated carbocycles. The van der Waals surface area contributed by atoms with Gasteiger partial charge in [-0.3, -0.25) is 19.2 Å². The number of halogens is 1. The van der Waals surface area contributed by atoms with E-state index in [0.717, 1.165) is 41.3 Å². The zero-order chi connectivity index (χ0) is 28.7. The maximum absolute atomic E-state index is 14.0. The molecule has 4 N–H and O–H groups in total. The summed E-state index contributed by atoms with van der Waals surface area (Å²) in [7, 11) is 0. The average molecular weight is 577 g/mol. The Hall–Kier alpha value is -3.69. The topological polar surface area (TPSA) is 132 Å². The molecule has 0 bridgehead atoms. The normalized spacial score (nSPS) is 24.3. The van der Waals surface area contributed by atoms with Crippen LogP contribution in [-0.2, 0) is 14.4 Å². The summed E-state index contributed by atoms with van der Waals surface area (Å²) in [5, 5.41) is 16.4. The number of ketones is 1. The van der Waals surface area contributed by atoms with E-state index in [4.69, 9.17) is 11.6 Å². The lowest BCUT2D eigenvalue weighted by Crippen LogP contribution is -2.53. The number of H-pyrrole nitrogens is 1. The molecule has 1 aromatic heterocycles. The van der Waals surface area contributed by atoms with Crippen molar-refractivity contribution in [2.75, 3.05) is 19.7 Å². The molecule has 3 aromatic rings. The third-order valence-electron chi connectivity index (χ3n) is 9.02. The van der Waals surface area contributed by atoms with Crippen LogP contribution in [0.1, 0.15) is 42.6 Å². The molecular formula is C31H33ClN4O5. The van der Waals surface area contributed by atoms with Crippen LogP contribution in [0.4, 0.5) is 0 Å². The van der Waals surface area contributed by atoms with Gasteiger partial charge in [-0.1, -0.05) is 54.4 Å². The summed E-state index contributed by atoms with van der Waals surface area (Å²) in [6.45, 7) is 0.227. The van der Waals surface area contributed by atoms with E-state index in [1.54, 1.807) is 11.0 Å². The molecule has 9 nitrogen and oxygen atoms in total. The number of hydrogen-bond acceptors (Lipinski definition) is 5. The summed E-state index contributed by atoms with van der Waals surface area (Å²) < 4.78 is 0. The van der Waals surface area contributed by atoms with Crippen molar-refractivity contribution in [3.63, 3.8) is 0 Å². The molecule has 3 fully saturated rings. The molecule has 10 heteroatoms. The monoisotopic (exact) mass is 576 g/mol. The standard InChI is InChI=1S/C31H33ClN4O5/c32-23-10-9-20(17-5-2-1-3-6-17)27-22(23)14-25(34-27)31(41)36-15-19-7-4-8-21(19)28(36)30(40)35-24(26(38)16-37)13-18-11-12-33-29(18)39/h1-3,5-6,9-10,14,18-19,21,24,28,34,37H,4,7-8,11-13,15-16H2,(H,33,39)(H,35,40)/t18-,19-,21-,24?,28-/m0/s1. The Morgan fingerprint density at radius 3 is 2.63 bits per heavy atom. The number of aliphatic hydroxyl groups excluding tert-OH is 1. The summed E-state index contributed by atoms with van der Waals surface area (Å²) in [4.78, 5) is 57.5. The molecule has 0 spiro atoms. The average Bonchev–Trinajstić information content (AvgIpc) is 3.77. The first kappa shape index (κ1) is 27.5. The van der Waals surface area contributed by atoms with Crippen molar-refractivity contribution in [2.24, 2.45) is 17.8 Å². The molecular weight excluding hydrogens is 544 g/mol. The highest BCUT2D eigenvalue weighted by molar-refractivity contribution is 6.36. The molecule has 214 valence electrons. The summed E-state index contributed by atoms with van der Waals surface area (Å²) in [5.74, 6) is -1.66. The van der Waals surface area contributed by atoms with Crippen LogP contribution >= 0.6 is 11.6 Å². The van der Waals surface area contributed by atoms with Gasteiger partial charge in [0.15, 0.2) is 5.78 Å². The van der Waals surface area contributed by atoms with E-state index in [2.05, 4.69) is 15.6 Å². The molecule has 2 aromatic carbocycles. The van der Waals surface area contributed by atoms with Crippen LogP contribution in [0, 0.1) is 17.8 Å². The number of nitrogens with one attached hydrogen (secondary N) is 3. The van der Waals surface area contributed by atoms with Crippen molar-refractivity contribution < 1.29 is 24.3 Å². The Balaban J connectivity index is 1.29. The number of likely N-dealkylation sites (tertiary alicyclic amines) is 1. The van der Waals surface area contributed by atoms with Crippen molar-refractivity contribution in [1.82, 2.24) is 20.5 Å². The van der Waals surface area contributed by atoms with Crippen LogP contribution in [0.2, 0.25) is 5.02 Å². The molecule has 3 aliphatic rings. The lowest BCUT2D eigenvalue weighted by molar-refractivity contribution is -0.133. The van der Waals surface area contributed by atoms with E-state index in [-0.39, 0.29) is 30.1 Å². The fraction of sp³-hybridized carbons (Fsp3) is 0.419. The molecule has 3 heterocycles. The van der Waals surface area contributed by atoms with Crippen LogP contribution in [-0.4, -0.2) is 70.3 Å². The van der Waals surface area contributed by atoms with Gasteiger partial charge in [0.1, 0.15) is 18.3 Å². The minimum Gasteiger partial charge on any atom is -0.389 e. The Labute approximate surface area is 242 Å². The largest absolute Gasteiger partial charge is 0.389 e. The van der Waals surface area contributed by atoms with Crippen LogP contribution in [0.15, 0.2) is 48.5 Å². The van der Waals surface area contributed by atoms with Gasteiger partial charge in [-0.15, -0.1) is 0 Å². The van der Waals surface area contributed by atoms with Crippen molar-refractivity contribution in [2.45, 2.75) is 44.2 Å². The van der Waals surface area contributed by atoms with E-state index < -0.39 is 36.3 Å². The van der Waals surface area contributed by atoms with Crippen LogP contribution in [0.25, 0.3) is 22.0 Å². The van der Waals surface area contributed by atoms with Crippen molar-refractivity contribution >= 4 is 46.0 Å². The van der Waals surface area contributed by atoms with Crippen LogP contribution in [0.3, 0.4) is 0 Å². The van der Waals surface area contributed by atoms with Crippen LogP contribution < -0.4 is 10.6 Å². The molecule has 1 aliphatic carbocycles. The number of benzene rings is 2. The number of rotatable bonds is 8. The highest BCUT2D eigenvalue weighted by Crippen LogP contribution is 2.43. The van der Waals surface area contributed by atoms with Gasteiger partial charge in [0, 0.05) is 30.0 Å². The maximum Gasteiger partial charge on any atom is 0.271 e. The number of hydrogen-bond donors (Lipinski definition) is 4. The van der Waals surface area contributed by atoms with Gasteiger partial charge < -0.3 is 25.6 Å². The first-order valence-corrected chi connectivity index (χ1v) is 14.6. The van der Waals surface area contributed by atoms with Crippen molar-refractivity contribution in [3.8, 4) is 11.1 Å². The van der Waals surface area contributed by atoms with Gasteiger partial charge in [0.25, 0.3) is 5.91 Å². The first-order chi connectivity index (χ1) is 19.9. The second kappa shape index (κ2) is 11.3. The smallest absolute Gasteiger partial charge is 0.271 e. The van der Waals surface area contributed by atoms with Gasteiger partial charge in [-0.05, 0) is 55.2 Å². The Morgan fingerprint density at radius 1 is 1.10 bits per heavy atom. The number of aromatic amines is 1. The number of aromatic nitrogens is 1. The van der Waals surface area contributed by atoms with E-state index in [0.29, 0.717) is 30.2 Å².